The van der Waals surface area contributed by atoms with Gasteiger partial charge in [0.1, 0.15) is 0 Å². The van der Waals surface area contributed by atoms with Gasteiger partial charge in [-0.05, 0) is 33.6 Å². The van der Waals surface area contributed by atoms with Crippen LogP contribution in [0, 0.1) is 0 Å². The van der Waals surface area contributed by atoms with E-state index in [1.54, 1.807) is 6.07 Å². The first-order valence-electron chi connectivity index (χ1n) is 4.66. The van der Waals surface area contributed by atoms with E-state index >= 15 is 0 Å². The Bertz CT molecular complexity index is 521. The molecule has 0 amide bonds. The molecular weight excluding hydrogens is 308 g/mol. The van der Waals surface area contributed by atoms with E-state index in [1.807, 2.05) is 29.0 Å². The summed E-state index contributed by atoms with van der Waals surface area (Å²) in [5.41, 5.74) is 1.68. The molecule has 0 bridgehead atoms. The third kappa shape index (κ3) is 2.73. The molecule has 82 valence electrons. The van der Waals surface area contributed by atoms with E-state index < -0.39 is 0 Å². The molecule has 2 aromatic rings. The van der Waals surface area contributed by atoms with Gasteiger partial charge in [-0.2, -0.15) is 11.3 Å². The van der Waals surface area contributed by atoms with Gasteiger partial charge in [-0.25, -0.2) is 0 Å². The number of carbonyl (C=O) groups is 1. The summed E-state index contributed by atoms with van der Waals surface area (Å²) in [5.74, 6) is 0.107. The van der Waals surface area contributed by atoms with Gasteiger partial charge in [0.25, 0.3) is 0 Å². The SMILES string of the molecule is O=C(Cc1cccc(Cl)c1)c1cscc1Br. The van der Waals surface area contributed by atoms with Crippen molar-refractivity contribution in [1.82, 2.24) is 0 Å². The Labute approximate surface area is 111 Å². The maximum Gasteiger partial charge on any atom is 0.169 e. The van der Waals surface area contributed by atoms with Crippen molar-refractivity contribution in [1.29, 1.82) is 0 Å². The fraction of sp³-hybridized carbons (Fsp3) is 0.0833. The normalized spacial score (nSPS) is 10.4. The lowest BCUT2D eigenvalue weighted by atomic mass is 10.1. The highest BCUT2D eigenvalue weighted by molar-refractivity contribution is 9.10. The zero-order chi connectivity index (χ0) is 11.5. The van der Waals surface area contributed by atoms with Crippen molar-refractivity contribution in [3.8, 4) is 0 Å². The molecule has 0 aliphatic heterocycles. The molecule has 1 nitrogen and oxygen atoms in total. The van der Waals surface area contributed by atoms with Crippen LogP contribution in [0.2, 0.25) is 5.02 Å². The summed E-state index contributed by atoms with van der Waals surface area (Å²) >= 11 is 10.7. The first-order valence-corrected chi connectivity index (χ1v) is 6.77. The topological polar surface area (TPSA) is 17.1 Å². The van der Waals surface area contributed by atoms with Gasteiger partial charge in [-0.15, -0.1) is 0 Å². The van der Waals surface area contributed by atoms with E-state index in [0.29, 0.717) is 11.4 Å². The predicted octanol–water partition coefficient (Wildman–Crippen LogP) is 4.59. The average molecular weight is 316 g/mol. The Balaban J connectivity index is 2.17. The fourth-order valence-corrected chi connectivity index (χ4v) is 3.14. The Morgan fingerprint density at radius 1 is 1.38 bits per heavy atom. The third-order valence-electron chi connectivity index (χ3n) is 2.17. The Morgan fingerprint density at radius 2 is 2.19 bits per heavy atom. The molecule has 1 aromatic heterocycles. The van der Waals surface area contributed by atoms with Gasteiger partial charge >= 0.3 is 0 Å². The standard InChI is InChI=1S/C12H8BrClOS/c13-11-7-16-6-10(11)12(15)5-8-2-1-3-9(14)4-8/h1-4,6-7H,5H2. The fourth-order valence-electron chi connectivity index (χ4n) is 1.41. The molecule has 1 aromatic carbocycles. The predicted molar refractivity (Wildman–Crippen MR) is 71.5 cm³/mol. The van der Waals surface area contributed by atoms with Gasteiger partial charge in [0.05, 0.1) is 0 Å². The quantitative estimate of drug-likeness (QED) is 0.757. The van der Waals surface area contributed by atoms with Crippen molar-refractivity contribution in [3.05, 3.63) is 55.6 Å². The highest BCUT2D eigenvalue weighted by Gasteiger charge is 2.11. The molecule has 2 rings (SSSR count). The molecule has 0 fully saturated rings. The third-order valence-corrected chi connectivity index (χ3v) is 4.11. The van der Waals surface area contributed by atoms with Crippen molar-refractivity contribution in [2.45, 2.75) is 6.42 Å². The maximum absolute atomic E-state index is 11.9. The molecule has 0 spiro atoms. The second-order valence-electron chi connectivity index (χ2n) is 3.36. The summed E-state index contributed by atoms with van der Waals surface area (Å²) in [6.45, 7) is 0. The van der Waals surface area contributed by atoms with E-state index in [4.69, 9.17) is 11.6 Å². The number of Topliss-reactive ketones (excluding diaryl/α,β-unsaturated/α-hetero) is 1. The molecule has 0 aliphatic carbocycles. The molecule has 0 aliphatic rings. The molecule has 0 saturated heterocycles. The van der Waals surface area contributed by atoms with Crippen LogP contribution < -0.4 is 0 Å². The van der Waals surface area contributed by atoms with Crippen molar-refractivity contribution in [2.75, 3.05) is 0 Å². The van der Waals surface area contributed by atoms with Gasteiger partial charge in [0.15, 0.2) is 5.78 Å². The number of rotatable bonds is 3. The Morgan fingerprint density at radius 3 is 2.81 bits per heavy atom. The minimum atomic E-state index is 0.107. The number of ketones is 1. The molecule has 4 heteroatoms. The maximum atomic E-state index is 11.9. The molecule has 0 radical (unpaired) electrons. The summed E-state index contributed by atoms with van der Waals surface area (Å²) < 4.78 is 0.865. The number of hydrogen-bond donors (Lipinski definition) is 0. The van der Waals surface area contributed by atoms with Crippen LogP contribution >= 0.6 is 38.9 Å². The van der Waals surface area contributed by atoms with Gasteiger partial charge in [0, 0.05) is 32.2 Å². The van der Waals surface area contributed by atoms with Crippen LogP contribution in [-0.4, -0.2) is 5.78 Å². The van der Waals surface area contributed by atoms with E-state index in [1.165, 1.54) is 11.3 Å². The molecule has 16 heavy (non-hydrogen) atoms. The lowest BCUT2D eigenvalue weighted by Gasteiger charge is -2.00. The van der Waals surface area contributed by atoms with Crippen molar-refractivity contribution < 1.29 is 4.79 Å². The molecule has 0 unspecified atom stereocenters. The van der Waals surface area contributed by atoms with Crippen LogP contribution in [0.3, 0.4) is 0 Å². The Hall–Kier alpha value is -0.640. The summed E-state index contributed by atoms with van der Waals surface area (Å²) in [6.07, 6.45) is 0.385. The number of benzene rings is 1. The van der Waals surface area contributed by atoms with Gasteiger partial charge < -0.3 is 0 Å². The average Bonchev–Trinajstić information content (AvgIpc) is 2.64. The number of halogens is 2. The van der Waals surface area contributed by atoms with E-state index in [2.05, 4.69) is 15.9 Å². The lowest BCUT2D eigenvalue weighted by molar-refractivity contribution is 0.0993. The Kier molecular flexibility index (Phi) is 3.79. The first-order chi connectivity index (χ1) is 7.66. The monoisotopic (exact) mass is 314 g/mol. The van der Waals surface area contributed by atoms with Gasteiger partial charge in [-0.3, -0.25) is 4.79 Å². The molecule has 0 atom stereocenters. The molecule has 0 N–H and O–H groups in total. The van der Waals surface area contributed by atoms with E-state index in [0.717, 1.165) is 15.6 Å². The van der Waals surface area contributed by atoms with Crippen LogP contribution in [-0.2, 0) is 6.42 Å². The highest BCUT2D eigenvalue weighted by Crippen LogP contribution is 2.23. The van der Waals surface area contributed by atoms with Crippen LogP contribution in [0.5, 0.6) is 0 Å². The van der Waals surface area contributed by atoms with Gasteiger partial charge in [-0.1, -0.05) is 23.7 Å². The summed E-state index contributed by atoms with van der Waals surface area (Å²) in [7, 11) is 0. The number of carbonyl (C=O) groups excluding carboxylic acids is 1. The zero-order valence-corrected chi connectivity index (χ0v) is 11.4. The number of hydrogen-bond acceptors (Lipinski definition) is 2. The summed E-state index contributed by atoms with van der Waals surface area (Å²) in [5, 5.41) is 4.43. The molecule has 0 saturated carbocycles. The van der Waals surface area contributed by atoms with E-state index in [9.17, 15) is 4.79 Å². The summed E-state index contributed by atoms with van der Waals surface area (Å²) in [4.78, 5) is 11.9. The van der Waals surface area contributed by atoms with Gasteiger partial charge in [0.2, 0.25) is 0 Å². The minimum Gasteiger partial charge on any atom is -0.294 e. The van der Waals surface area contributed by atoms with Crippen molar-refractivity contribution in [2.24, 2.45) is 0 Å². The zero-order valence-electron chi connectivity index (χ0n) is 8.24. The van der Waals surface area contributed by atoms with Crippen LogP contribution in [0.1, 0.15) is 15.9 Å². The molecular formula is C12H8BrClOS. The van der Waals surface area contributed by atoms with Crippen LogP contribution in [0.15, 0.2) is 39.5 Å². The van der Waals surface area contributed by atoms with E-state index in [-0.39, 0.29) is 5.78 Å². The number of thiophene rings is 1. The lowest BCUT2D eigenvalue weighted by Crippen LogP contribution is -2.02. The first kappa shape index (κ1) is 11.8. The minimum absolute atomic E-state index is 0.107. The summed E-state index contributed by atoms with van der Waals surface area (Å²) in [6, 6.07) is 7.38. The molecule has 1 heterocycles. The van der Waals surface area contributed by atoms with Crippen molar-refractivity contribution in [3.63, 3.8) is 0 Å². The largest absolute Gasteiger partial charge is 0.294 e. The highest BCUT2D eigenvalue weighted by atomic mass is 79.9. The van der Waals surface area contributed by atoms with Crippen LogP contribution in [0.4, 0.5) is 0 Å². The second kappa shape index (κ2) is 5.13. The smallest absolute Gasteiger partial charge is 0.169 e. The van der Waals surface area contributed by atoms with Crippen molar-refractivity contribution >= 4 is 44.7 Å². The second-order valence-corrected chi connectivity index (χ2v) is 5.40. The van der Waals surface area contributed by atoms with Crippen LogP contribution in [0.25, 0.3) is 0 Å².